The largest absolute Gasteiger partial charge is 0.417 e. The van der Waals surface area contributed by atoms with Gasteiger partial charge in [0.05, 0.1) is 0 Å². The Balaban J connectivity index is 6.32. The minimum absolute atomic E-state index is 0.466. The molecule has 2 unspecified atom stereocenters. The standard InChI is InChI=1S/C14H10F16O/c1-9(21,3-15)11(23,24)5(17)7(19)13(27,28)31-14(29,30)8(20)6(18)12(25,26)10(2,22)4-16/h3-4H2,1-2H3. The molecule has 0 aliphatic heterocycles. The van der Waals surface area contributed by atoms with E-state index in [0.717, 1.165) is 0 Å². The van der Waals surface area contributed by atoms with E-state index < -0.39 is 85.9 Å². The van der Waals surface area contributed by atoms with Gasteiger partial charge in [0.1, 0.15) is 13.3 Å². The summed E-state index contributed by atoms with van der Waals surface area (Å²) in [5.74, 6) is -29.4. The first-order chi connectivity index (χ1) is 13.5. The smallest absolute Gasteiger partial charge is 0.247 e. The Morgan fingerprint density at radius 3 is 0.935 bits per heavy atom. The maximum absolute atomic E-state index is 13.2. The second-order valence-corrected chi connectivity index (χ2v) is 6.20. The SMILES string of the molecule is CC(F)(CF)C(F)(F)C(F)=C(F)C(F)(F)OC(F)(F)C(F)=C(F)C(F)(F)C(C)(F)CF. The quantitative estimate of drug-likeness (QED) is 0.291. The Labute approximate surface area is 162 Å². The van der Waals surface area contributed by atoms with Crippen LogP contribution in [0.25, 0.3) is 0 Å². The third-order valence-electron chi connectivity index (χ3n) is 3.52. The van der Waals surface area contributed by atoms with Gasteiger partial charge >= 0.3 is 24.1 Å². The number of rotatable bonds is 10. The van der Waals surface area contributed by atoms with Crippen molar-refractivity contribution < 1.29 is 75.0 Å². The van der Waals surface area contributed by atoms with Crippen LogP contribution in [0.1, 0.15) is 13.8 Å². The summed E-state index contributed by atoms with van der Waals surface area (Å²) in [4.78, 5) is 0. The average molecular weight is 498 g/mol. The summed E-state index contributed by atoms with van der Waals surface area (Å²) in [6.07, 6.45) is -13.5. The molecule has 17 heteroatoms. The van der Waals surface area contributed by atoms with Gasteiger partial charge in [0.25, 0.3) is 0 Å². The van der Waals surface area contributed by atoms with Gasteiger partial charge in [0.15, 0.2) is 0 Å². The fourth-order valence-corrected chi connectivity index (χ4v) is 1.41. The third kappa shape index (κ3) is 5.39. The van der Waals surface area contributed by atoms with E-state index in [9.17, 15) is 70.2 Å². The Morgan fingerprint density at radius 1 is 0.516 bits per heavy atom. The molecule has 0 rings (SSSR count). The fourth-order valence-electron chi connectivity index (χ4n) is 1.41. The summed E-state index contributed by atoms with van der Waals surface area (Å²) in [6, 6.07) is 0. The highest BCUT2D eigenvalue weighted by atomic mass is 19.3. The number of hydrogen-bond acceptors (Lipinski definition) is 1. The van der Waals surface area contributed by atoms with Gasteiger partial charge in [-0.3, -0.25) is 0 Å². The molecule has 0 fully saturated rings. The lowest BCUT2D eigenvalue weighted by Crippen LogP contribution is -2.46. The van der Waals surface area contributed by atoms with Gasteiger partial charge in [-0.15, -0.1) is 0 Å². The van der Waals surface area contributed by atoms with Crippen molar-refractivity contribution in [2.24, 2.45) is 0 Å². The number of ether oxygens (including phenoxy) is 1. The summed E-state index contributed by atoms with van der Waals surface area (Å²) in [5.41, 5.74) is -9.44. The van der Waals surface area contributed by atoms with Crippen molar-refractivity contribution in [1.82, 2.24) is 0 Å². The van der Waals surface area contributed by atoms with Crippen molar-refractivity contribution in [2.45, 2.75) is 49.2 Å². The van der Waals surface area contributed by atoms with Gasteiger partial charge in [0.2, 0.25) is 34.6 Å². The van der Waals surface area contributed by atoms with E-state index in [-0.39, 0.29) is 0 Å². The molecule has 0 saturated carbocycles. The summed E-state index contributed by atoms with van der Waals surface area (Å²) >= 11 is 0. The van der Waals surface area contributed by atoms with Crippen LogP contribution < -0.4 is 0 Å². The van der Waals surface area contributed by atoms with Gasteiger partial charge < -0.3 is 0 Å². The van der Waals surface area contributed by atoms with E-state index in [4.69, 9.17) is 0 Å². The molecule has 0 saturated heterocycles. The fraction of sp³-hybridized carbons (Fsp3) is 0.714. The number of halogens is 16. The number of allylic oxidation sites excluding steroid dienone is 2. The van der Waals surface area contributed by atoms with Crippen LogP contribution in [0, 0.1) is 0 Å². The predicted molar refractivity (Wildman–Crippen MR) is 70.3 cm³/mol. The van der Waals surface area contributed by atoms with Gasteiger partial charge in [-0.25, -0.2) is 31.1 Å². The van der Waals surface area contributed by atoms with Crippen LogP contribution in [-0.2, 0) is 4.74 Å². The third-order valence-corrected chi connectivity index (χ3v) is 3.52. The summed E-state index contributed by atoms with van der Waals surface area (Å²) in [6.45, 7) is -6.58. The lowest BCUT2D eigenvalue weighted by atomic mass is 9.99. The topological polar surface area (TPSA) is 9.23 Å². The molecule has 0 radical (unpaired) electrons. The van der Waals surface area contributed by atoms with E-state index in [2.05, 4.69) is 0 Å². The van der Waals surface area contributed by atoms with Crippen LogP contribution in [0.4, 0.5) is 70.2 Å². The zero-order chi connectivity index (χ0) is 25.4. The van der Waals surface area contributed by atoms with Crippen molar-refractivity contribution in [1.29, 1.82) is 0 Å². The van der Waals surface area contributed by atoms with Gasteiger partial charge in [0, 0.05) is 0 Å². The van der Waals surface area contributed by atoms with Crippen molar-refractivity contribution in [3.8, 4) is 0 Å². The van der Waals surface area contributed by atoms with E-state index in [0.29, 0.717) is 0 Å². The highest BCUT2D eigenvalue weighted by Crippen LogP contribution is 2.48. The van der Waals surface area contributed by atoms with Crippen molar-refractivity contribution in [3.63, 3.8) is 0 Å². The molecule has 0 amide bonds. The molecule has 184 valence electrons. The zero-order valence-electron chi connectivity index (χ0n) is 14.9. The molecule has 0 aromatic heterocycles. The molecular formula is C14H10F16O. The van der Waals surface area contributed by atoms with Gasteiger partial charge in [-0.2, -0.15) is 43.9 Å². The molecule has 0 spiro atoms. The van der Waals surface area contributed by atoms with Crippen molar-refractivity contribution in [3.05, 3.63) is 23.3 Å². The van der Waals surface area contributed by atoms with Crippen molar-refractivity contribution >= 4 is 0 Å². The highest BCUT2D eigenvalue weighted by Gasteiger charge is 2.63. The van der Waals surface area contributed by atoms with Gasteiger partial charge in [-0.1, -0.05) is 0 Å². The van der Waals surface area contributed by atoms with E-state index in [1.807, 2.05) is 4.74 Å². The Morgan fingerprint density at radius 2 is 0.742 bits per heavy atom. The van der Waals surface area contributed by atoms with Crippen LogP contribution in [0.15, 0.2) is 23.3 Å². The molecule has 2 atom stereocenters. The molecule has 0 aromatic rings. The molecule has 31 heavy (non-hydrogen) atoms. The lowest BCUT2D eigenvalue weighted by molar-refractivity contribution is -0.355. The first-order valence-corrected chi connectivity index (χ1v) is 7.30. The molecular weight excluding hydrogens is 488 g/mol. The minimum Gasteiger partial charge on any atom is -0.247 e. The van der Waals surface area contributed by atoms with E-state index in [1.165, 1.54) is 0 Å². The second kappa shape index (κ2) is 8.69. The summed E-state index contributed by atoms with van der Waals surface area (Å²) in [5, 5.41) is 0. The predicted octanol–water partition coefficient (Wildman–Crippen LogP) is 7.16. The second-order valence-electron chi connectivity index (χ2n) is 6.20. The number of alkyl halides is 12. The molecule has 0 aromatic carbocycles. The van der Waals surface area contributed by atoms with Crippen LogP contribution in [0.2, 0.25) is 0 Å². The van der Waals surface area contributed by atoms with Crippen molar-refractivity contribution in [2.75, 3.05) is 13.3 Å². The van der Waals surface area contributed by atoms with Crippen LogP contribution in [0.3, 0.4) is 0 Å². The van der Waals surface area contributed by atoms with Crippen LogP contribution in [-0.4, -0.2) is 48.7 Å². The Bertz CT molecular complexity index is 660. The van der Waals surface area contributed by atoms with E-state index in [1.54, 1.807) is 0 Å². The minimum atomic E-state index is -6.73. The highest BCUT2D eigenvalue weighted by molar-refractivity contribution is 5.21. The van der Waals surface area contributed by atoms with Gasteiger partial charge in [-0.05, 0) is 13.8 Å². The average Bonchev–Trinajstić information content (AvgIpc) is 2.63. The van der Waals surface area contributed by atoms with Crippen LogP contribution in [0.5, 0.6) is 0 Å². The summed E-state index contributed by atoms with van der Waals surface area (Å²) < 4.78 is 212. The Kier molecular flexibility index (Phi) is 8.22. The van der Waals surface area contributed by atoms with Crippen LogP contribution >= 0.6 is 0 Å². The molecule has 0 N–H and O–H groups in total. The maximum Gasteiger partial charge on any atom is 0.417 e. The first kappa shape index (κ1) is 29.3. The number of hydrogen-bond donors (Lipinski definition) is 0. The van der Waals surface area contributed by atoms with E-state index >= 15 is 0 Å². The molecule has 0 aliphatic rings. The Hall–Kier alpha value is -1.68. The lowest BCUT2D eigenvalue weighted by Gasteiger charge is -2.29. The molecule has 0 aliphatic carbocycles. The maximum atomic E-state index is 13.2. The monoisotopic (exact) mass is 498 g/mol. The summed E-state index contributed by atoms with van der Waals surface area (Å²) in [7, 11) is 0. The normalized spacial score (nSPS) is 19.9. The molecule has 1 nitrogen and oxygen atoms in total. The zero-order valence-corrected chi connectivity index (χ0v) is 14.9. The molecule has 0 bridgehead atoms. The molecule has 0 heterocycles. The first-order valence-electron chi connectivity index (χ1n) is 7.30.